The molecule has 0 aromatic carbocycles. The summed E-state index contributed by atoms with van der Waals surface area (Å²) in [5.41, 5.74) is 0.972. The molecule has 3 heteroatoms. The molecular weight excluding hydrogens is 200 g/mol. The van der Waals surface area contributed by atoms with Gasteiger partial charge in [-0.2, -0.15) is 0 Å². The van der Waals surface area contributed by atoms with Crippen molar-refractivity contribution in [2.75, 3.05) is 6.54 Å². The molecule has 1 aliphatic heterocycles. The van der Waals surface area contributed by atoms with Crippen molar-refractivity contribution in [3.05, 3.63) is 30.1 Å². The third-order valence-electron chi connectivity index (χ3n) is 3.27. The summed E-state index contributed by atoms with van der Waals surface area (Å²) >= 11 is 0. The smallest absolute Gasteiger partial charge is 0.223 e. The molecule has 0 aliphatic carbocycles. The van der Waals surface area contributed by atoms with E-state index in [1.807, 2.05) is 23.1 Å². The van der Waals surface area contributed by atoms with E-state index >= 15 is 0 Å². The zero-order valence-electron chi connectivity index (χ0n) is 9.89. The standard InChI is InChI=1S/C13H18N2O/c1-10(2)11-7-13(16)15(8-11)9-12-5-3-4-6-14-12/h3-6,10-11H,7-9H2,1-2H3. The number of rotatable bonds is 3. The van der Waals surface area contributed by atoms with Gasteiger partial charge in [0, 0.05) is 19.2 Å². The van der Waals surface area contributed by atoms with E-state index in [1.54, 1.807) is 6.20 Å². The lowest BCUT2D eigenvalue weighted by Crippen LogP contribution is -2.25. The van der Waals surface area contributed by atoms with E-state index in [0.717, 1.165) is 12.2 Å². The van der Waals surface area contributed by atoms with Crippen LogP contribution in [0.2, 0.25) is 0 Å². The molecule has 86 valence electrons. The zero-order chi connectivity index (χ0) is 11.5. The Balaban J connectivity index is 1.99. The van der Waals surface area contributed by atoms with E-state index in [0.29, 0.717) is 24.8 Å². The summed E-state index contributed by atoms with van der Waals surface area (Å²) in [6.07, 6.45) is 2.47. The van der Waals surface area contributed by atoms with Crippen molar-refractivity contribution in [1.82, 2.24) is 9.88 Å². The summed E-state index contributed by atoms with van der Waals surface area (Å²) in [5, 5.41) is 0. The highest BCUT2D eigenvalue weighted by molar-refractivity contribution is 5.78. The largest absolute Gasteiger partial charge is 0.336 e. The van der Waals surface area contributed by atoms with E-state index in [1.165, 1.54) is 0 Å². The summed E-state index contributed by atoms with van der Waals surface area (Å²) in [6.45, 7) is 5.90. The number of carbonyl (C=O) groups is 1. The number of hydrogen-bond acceptors (Lipinski definition) is 2. The molecule has 3 nitrogen and oxygen atoms in total. The van der Waals surface area contributed by atoms with E-state index in [4.69, 9.17) is 0 Å². The van der Waals surface area contributed by atoms with Crippen LogP contribution >= 0.6 is 0 Å². The van der Waals surface area contributed by atoms with Crippen molar-refractivity contribution in [2.45, 2.75) is 26.8 Å². The van der Waals surface area contributed by atoms with Crippen LogP contribution in [0.5, 0.6) is 0 Å². The highest BCUT2D eigenvalue weighted by Gasteiger charge is 2.31. The molecule has 0 radical (unpaired) electrons. The van der Waals surface area contributed by atoms with Crippen LogP contribution in [0.3, 0.4) is 0 Å². The van der Waals surface area contributed by atoms with Gasteiger partial charge >= 0.3 is 0 Å². The number of carbonyl (C=O) groups excluding carboxylic acids is 1. The molecule has 0 bridgehead atoms. The lowest BCUT2D eigenvalue weighted by molar-refractivity contribution is -0.128. The van der Waals surface area contributed by atoms with Crippen LogP contribution in [0.25, 0.3) is 0 Å². The topological polar surface area (TPSA) is 33.2 Å². The third kappa shape index (κ3) is 2.40. The van der Waals surface area contributed by atoms with E-state index in [2.05, 4.69) is 18.8 Å². The van der Waals surface area contributed by atoms with E-state index in [-0.39, 0.29) is 5.91 Å². The maximum absolute atomic E-state index is 11.8. The predicted molar refractivity (Wildman–Crippen MR) is 62.6 cm³/mol. The van der Waals surface area contributed by atoms with Gasteiger partial charge in [0.1, 0.15) is 0 Å². The van der Waals surface area contributed by atoms with Gasteiger partial charge in [-0.25, -0.2) is 0 Å². The van der Waals surface area contributed by atoms with Gasteiger partial charge in [-0.3, -0.25) is 9.78 Å². The van der Waals surface area contributed by atoms with Gasteiger partial charge < -0.3 is 4.90 Å². The fraction of sp³-hybridized carbons (Fsp3) is 0.538. The Hall–Kier alpha value is -1.38. The van der Waals surface area contributed by atoms with Crippen molar-refractivity contribution in [3.8, 4) is 0 Å². The van der Waals surface area contributed by atoms with Gasteiger partial charge in [-0.1, -0.05) is 19.9 Å². The Kier molecular flexibility index (Phi) is 3.22. The first-order valence-corrected chi connectivity index (χ1v) is 5.84. The van der Waals surface area contributed by atoms with Crippen LogP contribution in [-0.4, -0.2) is 22.3 Å². The number of hydrogen-bond donors (Lipinski definition) is 0. The molecule has 1 aromatic heterocycles. The number of likely N-dealkylation sites (tertiary alicyclic amines) is 1. The lowest BCUT2D eigenvalue weighted by Gasteiger charge is -2.17. The monoisotopic (exact) mass is 218 g/mol. The molecule has 1 atom stereocenters. The third-order valence-corrected chi connectivity index (χ3v) is 3.27. The van der Waals surface area contributed by atoms with Crippen molar-refractivity contribution < 1.29 is 4.79 Å². The SMILES string of the molecule is CC(C)C1CC(=O)N(Cc2ccccn2)C1. The number of nitrogens with zero attached hydrogens (tertiary/aromatic N) is 2. The quantitative estimate of drug-likeness (QED) is 0.778. The van der Waals surface area contributed by atoms with Gasteiger partial charge in [0.2, 0.25) is 5.91 Å². The fourth-order valence-corrected chi connectivity index (χ4v) is 2.09. The van der Waals surface area contributed by atoms with Gasteiger partial charge in [0.05, 0.1) is 12.2 Å². The maximum atomic E-state index is 11.8. The second-order valence-electron chi connectivity index (χ2n) is 4.80. The lowest BCUT2D eigenvalue weighted by atomic mass is 9.95. The summed E-state index contributed by atoms with van der Waals surface area (Å²) in [7, 11) is 0. The Morgan fingerprint density at radius 3 is 2.88 bits per heavy atom. The van der Waals surface area contributed by atoms with Crippen LogP contribution in [-0.2, 0) is 11.3 Å². The molecule has 2 rings (SSSR count). The molecule has 1 unspecified atom stereocenters. The maximum Gasteiger partial charge on any atom is 0.223 e. The minimum atomic E-state index is 0.268. The fourth-order valence-electron chi connectivity index (χ4n) is 2.09. The van der Waals surface area contributed by atoms with Crippen LogP contribution in [0.15, 0.2) is 24.4 Å². The predicted octanol–water partition coefficient (Wildman–Crippen LogP) is 2.09. The van der Waals surface area contributed by atoms with Crippen molar-refractivity contribution in [1.29, 1.82) is 0 Å². The second kappa shape index (κ2) is 4.64. The van der Waals surface area contributed by atoms with Crippen molar-refractivity contribution in [3.63, 3.8) is 0 Å². The van der Waals surface area contributed by atoms with Crippen LogP contribution in [0.1, 0.15) is 26.0 Å². The number of amides is 1. The molecule has 16 heavy (non-hydrogen) atoms. The van der Waals surface area contributed by atoms with E-state index < -0.39 is 0 Å². The normalized spacial score (nSPS) is 20.8. The van der Waals surface area contributed by atoms with Crippen LogP contribution < -0.4 is 0 Å². The molecular formula is C13H18N2O. The van der Waals surface area contributed by atoms with Crippen molar-refractivity contribution in [2.24, 2.45) is 11.8 Å². The summed E-state index contributed by atoms with van der Waals surface area (Å²) in [6, 6.07) is 5.82. The van der Waals surface area contributed by atoms with Gasteiger partial charge in [-0.05, 0) is 24.0 Å². The molecule has 0 N–H and O–H groups in total. The molecule has 0 spiro atoms. The zero-order valence-corrected chi connectivity index (χ0v) is 9.89. The molecule has 0 saturated carbocycles. The highest BCUT2D eigenvalue weighted by atomic mass is 16.2. The molecule has 1 amide bonds. The summed E-state index contributed by atoms with van der Waals surface area (Å²) in [5.74, 6) is 1.36. The van der Waals surface area contributed by atoms with Crippen LogP contribution in [0, 0.1) is 11.8 Å². The number of aromatic nitrogens is 1. The molecule has 2 heterocycles. The van der Waals surface area contributed by atoms with E-state index in [9.17, 15) is 4.79 Å². The Labute approximate surface area is 96.5 Å². The second-order valence-corrected chi connectivity index (χ2v) is 4.80. The van der Waals surface area contributed by atoms with Crippen molar-refractivity contribution >= 4 is 5.91 Å². The van der Waals surface area contributed by atoms with Gasteiger partial charge in [0.25, 0.3) is 0 Å². The Morgan fingerprint density at radius 2 is 2.31 bits per heavy atom. The first-order valence-electron chi connectivity index (χ1n) is 5.84. The molecule has 1 fully saturated rings. The first-order chi connectivity index (χ1) is 7.66. The Morgan fingerprint density at radius 1 is 1.50 bits per heavy atom. The van der Waals surface area contributed by atoms with Gasteiger partial charge in [-0.15, -0.1) is 0 Å². The average Bonchev–Trinajstić information content (AvgIpc) is 2.62. The number of pyridine rings is 1. The average molecular weight is 218 g/mol. The molecule has 1 aliphatic rings. The minimum Gasteiger partial charge on any atom is -0.336 e. The molecule has 1 saturated heterocycles. The first kappa shape index (κ1) is 11.1. The molecule has 1 aromatic rings. The summed E-state index contributed by atoms with van der Waals surface area (Å²) in [4.78, 5) is 18.0. The Bertz CT molecular complexity index is 361. The summed E-state index contributed by atoms with van der Waals surface area (Å²) < 4.78 is 0. The minimum absolute atomic E-state index is 0.268. The van der Waals surface area contributed by atoms with Crippen LogP contribution in [0.4, 0.5) is 0 Å². The highest BCUT2D eigenvalue weighted by Crippen LogP contribution is 2.25. The van der Waals surface area contributed by atoms with Gasteiger partial charge in [0.15, 0.2) is 0 Å².